The topological polar surface area (TPSA) is 66.9 Å². The summed E-state index contributed by atoms with van der Waals surface area (Å²) in [5, 5.41) is 6.07. The molecule has 0 unspecified atom stereocenters. The van der Waals surface area contributed by atoms with Crippen LogP contribution < -0.4 is 10.6 Å². The van der Waals surface area contributed by atoms with Crippen molar-refractivity contribution in [3.05, 3.63) is 53.5 Å². The van der Waals surface area contributed by atoms with Gasteiger partial charge in [0.25, 0.3) is 5.91 Å². The fraction of sp³-hybridized carbons (Fsp3) is 0.389. The summed E-state index contributed by atoms with van der Waals surface area (Å²) in [4.78, 5) is 20.9. The number of aryl methyl sites for hydroxylation is 1. The van der Waals surface area contributed by atoms with Crippen LogP contribution in [0.1, 0.15) is 42.2 Å². The predicted molar refractivity (Wildman–Crippen MR) is 90.3 cm³/mol. The number of carbonyl (C=O) groups excluding carboxylic acids is 1. The van der Waals surface area contributed by atoms with Crippen LogP contribution in [0.4, 0.5) is 14.6 Å². The highest BCUT2D eigenvalue weighted by molar-refractivity contribution is 5.95. The van der Waals surface area contributed by atoms with E-state index in [9.17, 15) is 13.6 Å². The summed E-state index contributed by atoms with van der Waals surface area (Å²) in [6, 6.07) is 3.11. The Kier molecular flexibility index (Phi) is 4.65. The van der Waals surface area contributed by atoms with Gasteiger partial charge in [0.2, 0.25) is 0 Å². The molecule has 2 N–H and O–H groups in total. The first-order valence-electron chi connectivity index (χ1n) is 8.21. The van der Waals surface area contributed by atoms with E-state index in [-0.39, 0.29) is 6.04 Å². The molecule has 0 saturated heterocycles. The first kappa shape index (κ1) is 17.3. The number of amides is 1. The SMILES string of the molecule is Cc1cnc(N[C@@]2(C)CCC[C@@H]2NC(=O)c2c(F)cccc2F)cn1. The fourth-order valence-corrected chi connectivity index (χ4v) is 3.24. The lowest BCUT2D eigenvalue weighted by Gasteiger charge is -2.33. The van der Waals surface area contributed by atoms with Gasteiger partial charge in [0.05, 0.1) is 29.7 Å². The molecule has 3 rings (SSSR count). The zero-order valence-corrected chi connectivity index (χ0v) is 14.1. The highest BCUT2D eigenvalue weighted by Crippen LogP contribution is 2.33. The van der Waals surface area contributed by atoms with Gasteiger partial charge in [-0.25, -0.2) is 13.8 Å². The maximum Gasteiger partial charge on any atom is 0.257 e. The Hall–Kier alpha value is -2.57. The normalized spacial score (nSPS) is 22.6. The second-order valence-electron chi connectivity index (χ2n) is 6.60. The Labute approximate surface area is 144 Å². The molecule has 1 aliphatic carbocycles. The van der Waals surface area contributed by atoms with E-state index in [2.05, 4.69) is 20.6 Å². The molecule has 1 heterocycles. The molecule has 0 spiro atoms. The molecular formula is C18H20F2N4O. The average molecular weight is 346 g/mol. The molecular weight excluding hydrogens is 326 g/mol. The van der Waals surface area contributed by atoms with E-state index >= 15 is 0 Å². The summed E-state index contributed by atoms with van der Waals surface area (Å²) >= 11 is 0. The quantitative estimate of drug-likeness (QED) is 0.892. The summed E-state index contributed by atoms with van der Waals surface area (Å²) in [5.41, 5.74) is -0.213. The largest absolute Gasteiger partial charge is 0.362 e. The lowest BCUT2D eigenvalue weighted by Crippen LogP contribution is -2.52. The van der Waals surface area contributed by atoms with Gasteiger partial charge < -0.3 is 10.6 Å². The standard InChI is InChI=1S/C18H20F2N4O/c1-11-9-22-15(10-21-11)24-18(2)8-4-7-14(18)23-17(25)16-12(19)5-3-6-13(16)20/h3,5-6,9-10,14H,4,7-8H2,1-2H3,(H,22,24)(H,23,25)/t14-,18-/m0/s1. The van der Waals surface area contributed by atoms with Crippen LogP contribution in [0, 0.1) is 18.6 Å². The molecule has 1 saturated carbocycles. The number of benzene rings is 1. The predicted octanol–water partition coefficient (Wildman–Crippen LogP) is 3.22. The highest BCUT2D eigenvalue weighted by Gasteiger charge is 2.40. The van der Waals surface area contributed by atoms with Gasteiger partial charge in [0.15, 0.2) is 0 Å². The van der Waals surface area contributed by atoms with Crippen LogP contribution in [-0.2, 0) is 0 Å². The number of hydrogen-bond acceptors (Lipinski definition) is 4. The van der Waals surface area contributed by atoms with E-state index in [4.69, 9.17) is 0 Å². The molecule has 0 radical (unpaired) electrons. The van der Waals surface area contributed by atoms with E-state index in [1.165, 1.54) is 6.07 Å². The van der Waals surface area contributed by atoms with E-state index < -0.39 is 28.6 Å². The molecule has 0 aliphatic heterocycles. The Morgan fingerprint density at radius 2 is 1.96 bits per heavy atom. The van der Waals surface area contributed by atoms with Gasteiger partial charge in [-0.3, -0.25) is 9.78 Å². The number of anilines is 1. The third-order valence-electron chi connectivity index (χ3n) is 4.65. The number of hydrogen-bond donors (Lipinski definition) is 2. The minimum Gasteiger partial charge on any atom is -0.362 e. The third kappa shape index (κ3) is 3.60. The van der Waals surface area contributed by atoms with Gasteiger partial charge in [-0.1, -0.05) is 6.07 Å². The summed E-state index contributed by atoms with van der Waals surface area (Å²) in [6.07, 6.45) is 5.68. The fourth-order valence-electron chi connectivity index (χ4n) is 3.24. The van der Waals surface area contributed by atoms with Gasteiger partial charge in [0, 0.05) is 0 Å². The molecule has 0 bridgehead atoms. The molecule has 1 amide bonds. The summed E-state index contributed by atoms with van der Waals surface area (Å²) in [5.74, 6) is -1.87. The molecule has 1 aromatic heterocycles. The number of aromatic nitrogens is 2. The number of nitrogens with one attached hydrogen (secondary N) is 2. The Morgan fingerprint density at radius 3 is 2.60 bits per heavy atom. The van der Waals surface area contributed by atoms with Crippen LogP contribution in [0.5, 0.6) is 0 Å². The Balaban J connectivity index is 1.77. The van der Waals surface area contributed by atoms with Crippen molar-refractivity contribution in [1.29, 1.82) is 0 Å². The number of nitrogens with zero attached hydrogens (tertiary/aromatic N) is 2. The molecule has 2 atom stereocenters. The van der Waals surface area contributed by atoms with Gasteiger partial charge >= 0.3 is 0 Å². The van der Waals surface area contributed by atoms with Gasteiger partial charge in [-0.05, 0) is 45.2 Å². The number of halogens is 2. The van der Waals surface area contributed by atoms with Crippen molar-refractivity contribution in [2.45, 2.75) is 44.7 Å². The van der Waals surface area contributed by atoms with Crippen LogP contribution >= 0.6 is 0 Å². The van der Waals surface area contributed by atoms with E-state index in [0.29, 0.717) is 12.2 Å². The molecule has 25 heavy (non-hydrogen) atoms. The zero-order chi connectivity index (χ0) is 18.0. The molecule has 2 aromatic rings. The van der Waals surface area contributed by atoms with Crippen LogP contribution in [0.15, 0.2) is 30.6 Å². The molecule has 1 fully saturated rings. The van der Waals surface area contributed by atoms with Crippen molar-refractivity contribution in [3.63, 3.8) is 0 Å². The van der Waals surface area contributed by atoms with Crippen LogP contribution in [-0.4, -0.2) is 27.5 Å². The van der Waals surface area contributed by atoms with Gasteiger partial charge in [0.1, 0.15) is 23.0 Å². The van der Waals surface area contributed by atoms with E-state index in [0.717, 1.165) is 30.7 Å². The second-order valence-corrected chi connectivity index (χ2v) is 6.60. The smallest absolute Gasteiger partial charge is 0.257 e. The third-order valence-corrected chi connectivity index (χ3v) is 4.65. The molecule has 7 heteroatoms. The highest BCUT2D eigenvalue weighted by atomic mass is 19.1. The lowest BCUT2D eigenvalue weighted by molar-refractivity contribution is 0.0918. The minimum absolute atomic E-state index is 0.276. The lowest BCUT2D eigenvalue weighted by atomic mass is 9.95. The van der Waals surface area contributed by atoms with Crippen molar-refractivity contribution in [1.82, 2.24) is 15.3 Å². The molecule has 1 aromatic carbocycles. The van der Waals surface area contributed by atoms with Crippen molar-refractivity contribution in [2.75, 3.05) is 5.32 Å². The van der Waals surface area contributed by atoms with Crippen molar-refractivity contribution < 1.29 is 13.6 Å². The van der Waals surface area contributed by atoms with Crippen LogP contribution in [0.25, 0.3) is 0 Å². The number of rotatable bonds is 4. The monoisotopic (exact) mass is 346 g/mol. The van der Waals surface area contributed by atoms with E-state index in [1.54, 1.807) is 12.4 Å². The first-order valence-corrected chi connectivity index (χ1v) is 8.21. The maximum absolute atomic E-state index is 13.8. The molecule has 5 nitrogen and oxygen atoms in total. The van der Waals surface area contributed by atoms with Crippen molar-refractivity contribution in [2.24, 2.45) is 0 Å². The molecule has 132 valence electrons. The zero-order valence-electron chi connectivity index (χ0n) is 14.1. The van der Waals surface area contributed by atoms with Crippen molar-refractivity contribution in [3.8, 4) is 0 Å². The van der Waals surface area contributed by atoms with Crippen LogP contribution in [0.2, 0.25) is 0 Å². The van der Waals surface area contributed by atoms with Crippen molar-refractivity contribution >= 4 is 11.7 Å². The Morgan fingerprint density at radius 1 is 1.24 bits per heavy atom. The molecule has 1 aliphatic rings. The second kappa shape index (κ2) is 6.74. The summed E-state index contributed by atoms with van der Waals surface area (Å²) in [7, 11) is 0. The summed E-state index contributed by atoms with van der Waals surface area (Å²) < 4.78 is 27.6. The first-order chi connectivity index (χ1) is 11.9. The summed E-state index contributed by atoms with van der Waals surface area (Å²) in [6.45, 7) is 3.81. The Bertz CT molecular complexity index is 761. The number of carbonyl (C=O) groups is 1. The van der Waals surface area contributed by atoms with Crippen LogP contribution in [0.3, 0.4) is 0 Å². The maximum atomic E-state index is 13.8. The average Bonchev–Trinajstić information content (AvgIpc) is 2.90. The van der Waals surface area contributed by atoms with Gasteiger partial charge in [-0.15, -0.1) is 0 Å². The van der Waals surface area contributed by atoms with Gasteiger partial charge in [-0.2, -0.15) is 0 Å². The minimum atomic E-state index is -0.866. The van der Waals surface area contributed by atoms with E-state index in [1.807, 2.05) is 13.8 Å².